The fourth-order valence-electron chi connectivity index (χ4n) is 2.49. The van der Waals surface area contributed by atoms with Crippen molar-refractivity contribution in [3.05, 3.63) is 23.8 Å². The van der Waals surface area contributed by atoms with Gasteiger partial charge in [-0.05, 0) is 17.7 Å². The third-order valence-electron chi connectivity index (χ3n) is 3.77. The third kappa shape index (κ3) is 1.88. The van der Waals surface area contributed by atoms with E-state index < -0.39 is 11.5 Å². The van der Waals surface area contributed by atoms with Crippen molar-refractivity contribution < 1.29 is 19.4 Å². The number of hydrogen-bond donors (Lipinski definition) is 3. The van der Waals surface area contributed by atoms with Crippen molar-refractivity contribution in [2.45, 2.75) is 11.5 Å². The molecule has 1 atom stereocenters. The lowest BCUT2D eigenvalue weighted by atomic mass is 9.73. The summed E-state index contributed by atoms with van der Waals surface area (Å²) in [6.07, 6.45) is -0.667. The number of nitrogens with one attached hydrogen (secondary N) is 1. The van der Waals surface area contributed by atoms with Gasteiger partial charge in [0.2, 0.25) is 0 Å². The van der Waals surface area contributed by atoms with E-state index in [0.717, 1.165) is 5.56 Å². The van der Waals surface area contributed by atoms with Gasteiger partial charge in [-0.25, -0.2) is 0 Å². The molecule has 6 heteroatoms. The van der Waals surface area contributed by atoms with Crippen LogP contribution >= 0.6 is 0 Å². The van der Waals surface area contributed by atoms with Crippen LogP contribution in [0, 0.1) is 0 Å². The number of fused-ring (bicyclic) bond motifs is 1. The minimum absolute atomic E-state index is 0.0338. The molecule has 0 saturated carbocycles. The summed E-state index contributed by atoms with van der Waals surface area (Å²) in [4.78, 5) is 11.3. The van der Waals surface area contributed by atoms with Gasteiger partial charge in [-0.15, -0.1) is 0 Å². The number of aliphatic hydroxyl groups excluding tert-OH is 1. The van der Waals surface area contributed by atoms with Crippen LogP contribution < -0.4 is 15.8 Å². The van der Waals surface area contributed by atoms with Crippen molar-refractivity contribution in [2.24, 2.45) is 5.73 Å². The molecule has 102 valence electrons. The highest BCUT2D eigenvalue weighted by Gasteiger charge is 2.46. The lowest BCUT2D eigenvalue weighted by Crippen LogP contribution is -2.57. The first-order valence-electron chi connectivity index (χ1n) is 6.19. The Bertz CT molecular complexity index is 513. The average Bonchev–Trinajstić information content (AvgIpc) is 2.36. The molecule has 2 heterocycles. The lowest BCUT2D eigenvalue weighted by molar-refractivity contribution is -0.118. The third-order valence-corrected chi connectivity index (χ3v) is 3.77. The lowest BCUT2D eigenvalue weighted by Gasteiger charge is -2.45. The normalized spacial score (nSPS) is 21.7. The molecule has 0 aromatic heterocycles. The number of ether oxygens (including phenoxy) is 2. The number of rotatable bonds is 3. The maximum atomic E-state index is 11.3. The Balaban J connectivity index is 1.97. The van der Waals surface area contributed by atoms with Crippen LogP contribution in [0.5, 0.6) is 5.75 Å². The second-order valence-electron chi connectivity index (χ2n) is 4.95. The molecule has 0 bridgehead atoms. The predicted octanol–water partition coefficient (Wildman–Crippen LogP) is -0.395. The van der Waals surface area contributed by atoms with Gasteiger partial charge in [-0.1, -0.05) is 6.07 Å². The molecule has 19 heavy (non-hydrogen) atoms. The summed E-state index contributed by atoms with van der Waals surface area (Å²) < 4.78 is 10.6. The van der Waals surface area contributed by atoms with Gasteiger partial charge in [0, 0.05) is 6.54 Å². The molecule has 4 N–H and O–H groups in total. The van der Waals surface area contributed by atoms with Gasteiger partial charge in [0.1, 0.15) is 5.75 Å². The molecular formula is C13H16N2O4. The molecule has 0 aliphatic carbocycles. The Morgan fingerprint density at radius 2 is 2.26 bits per heavy atom. The summed E-state index contributed by atoms with van der Waals surface area (Å²) >= 11 is 0. The second kappa shape index (κ2) is 4.48. The standard InChI is InChI=1S/C13H16N2O4/c14-4-11(16)13(6-18-7-13)8-1-2-10-9(3-8)15-12(17)5-19-10/h1-3,11,16H,4-7,14H2,(H,15,17). The van der Waals surface area contributed by atoms with Gasteiger partial charge in [-0.3, -0.25) is 4.79 Å². The second-order valence-corrected chi connectivity index (χ2v) is 4.95. The predicted molar refractivity (Wildman–Crippen MR) is 68.1 cm³/mol. The van der Waals surface area contributed by atoms with E-state index in [-0.39, 0.29) is 19.1 Å². The number of nitrogens with two attached hydrogens (primary N) is 1. The van der Waals surface area contributed by atoms with E-state index in [1.54, 1.807) is 6.07 Å². The fourth-order valence-corrected chi connectivity index (χ4v) is 2.49. The Morgan fingerprint density at radius 3 is 2.89 bits per heavy atom. The monoisotopic (exact) mass is 264 g/mol. The zero-order valence-corrected chi connectivity index (χ0v) is 10.4. The van der Waals surface area contributed by atoms with Crippen LogP contribution in [-0.4, -0.2) is 43.5 Å². The zero-order chi connectivity index (χ0) is 13.5. The quantitative estimate of drug-likeness (QED) is 0.691. The topological polar surface area (TPSA) is 93.8 Å². The zero-order valence-electron chi connectivity index (χ0n) is 10.4. The fraction of sp³-hybridized carbons (Fsp3) is 0.462. The SMILES string of the molecule is NCC(O)C1(c2ccc3c(c2)NC(=O)CO3)COC1. The van der Waals surface area contributed by atoms with Crippen molar-refractivity contribution in [3.63, 3.8) is 0 Å². The number of benzene rings is 1. The summed E-state index contributed by atoms with van der Waals surface area (Å²) in [5.74, 6) is 0.462. The first-order chi connectivity index (χ1) is 9.15. The Morgan fingerprint density at radius 1 is 1.47 bits per heavy atom. The first-order valence-corrected chi connectivity index (χ1v) is 6.19. The number of hydrogen-bond acceptors (Lipinski definition) is 5. The summed E-state index contributed by atoms with van der Waals surface area (Å²) in [6, 6.07) is 5.51. The van der Waals surface area contributed by atoms with Crippen LogP contribution in [0.15, 0.2) is 18.2 Å². The Labute approximate surface area is 110 Å². The summed E-state index contributed by atoms with van der Waals surface area (Å²) in [5.41, 5.74) is 6.62. The van der Waals surface area contributed by atoms with Crippen molar-refractivity contribution in [3.8, 4) is 5.75 Å². The maximum Gasteiger partial charge on any atom is 0.262 e. The molecule has 0 radical (unpaired) electrons. The largest absolute Gasteiger partial charge is 0.482 e. The number of aliphatic hydroxyl groups is 1. The van der Waals surface area contributed by atoms with E-state index in [4.69, 9.17) is 15.2 Å². The molecule has 1 aromatic carbocycles. The Hall–Kier alpha value is -1.63. The van der Waals surface area contributed by atoms with E-state index in [9.17, 15) is 9.90 Å². The van der Waals surface area contributed by atoms with Crippen molar-refractivity contribution in [2.75, 3.05) is 31.7 Å². The number of carbonyl (C=O) groups excluding carboxylic acids is 1. The molecule has 1 fully saturated rings. The minimum atomic E-state index is -0.667. The first kappa shape index (κ1) is 12.4. The molecule has 2 aliphatic rings. The van der Waals surface area contributed by atoms with Gasteiger partial charge in [0.05, 0.1) is 30.4 Å². The van der Waals surface area contributed by atoms with E-state index >= 15 is 0 Å². The van der Waals surface area contributed by atoms with Crippen LogP contribution in [0.1, 0.15) is 5.56 Å². The number of anilines is 1. The molecular weight excluding hydrogens is 248 g/mol. The van der Waals surface area contributed by atoms with E-state index in [0.29, 0.717) is 24.7 Å². The molecule has 2 aliphatic heterocycles. The smallest absolute Gasteiger partial charge is 0.262 e. The molecule has 3 rings (SSSR count). The van der Waals surface area contributed by atoms with Gasteiger partial charge in [-0.2, -0.15) is 0 Å². The van der Waals surface area contributed by atoms with Crippen molar-refractivity contribution >= 4 is 11.6 Å². The van der Waals surface area contributed by atoms with Crippen LogP contribution in [0.4, 0.5) is 5.69 Å². The molecule has 1 unspecified atom stereocenters. The highest BCUT2D eigenvalue weighted by molar-refractivity contribution is 5.95. The van der Waals surface area contributed by atoms with Crippen LogP contribution in [0.2, 0.25) is 0 Å². The van der Waals surface area contributed by atoms with Gasteiger partial charge in [0.15, 0.2) is 6.61 Å². The molecule has 0 spiro atoms. The van der Waals surface area contributed by atoms with Crippen molar-refractivity contribution in [1.29, 1.82) is 0 Å². The minimum Gasteiger partial charge on any atom is -0.482 e. The summed E-state index contributed by atoms with van der Waals surface area (Å²) in [5, 5.41) is 12.9. The van der Waals surface area contributed by atoms with E-state index in [2.05, 4.69) is 5.32 Å². The highest BCUT2D eigenvalue weighted by Crippen LogP contribution is 2.39. The van der Waals surface area contributed by atoms with E-state index in [1.165, 1.54) is 0 Å². The maximum absolute atomic E-state index is 11.3. The van der Waals surface area contributed by atoms with Gasteiger partial charge >= 0.3 is 0 Å². The van der Waals surface area contributed by atoms with Crippen molar-refractivity contribution in [1.82, 2.24) is 0 Å². The van der Waals surface area contributed by atoms with Gasteiger partial charge in [0.25, 0.3) is 5.91 Å². The van der Waals surface area contributed by atoms with Crippen LogP contribution in [0.3, 0.4) is 0 Å². The molecule has 1 aromatic rings. The molecule has 6 nitrogen and oxygen atoms in total. The van der Waals surface area contributed by atoms with Crippen LogP contribution in [-0.2, 0) is 14.9 Å². The number of amides is 1. The summed E-state index contributed by atoms with van der Waals surface area (Å²) in [7, 11) is 0. The average molecular weight is 264 g/mol. The number of carbonyl (C=O) groups is 1. The highest BCUT2D eigenvalue weighted by atomic mass is 16.5. The summed E-state index contributed by atoms with van der Waals surface area (Å²) in [6.45, 7) is 1.06. The van der Waals surface area contributed by atoms with Gasteiger partial charge < -0.3 is 25.6 Å². The van der Waals surface area contributed by atoms with E-state index in [1.807, 2.05) is 12.1 Å². The van der Waals surface area contributed by atoms with Crippen LogP contribution in [0.25, 0.3) is 0 Å². The molecule has 1 amide bonds. The Kier molecular flexibility index (Phi) is 2.93. The molecule has 1 saturated heterocycles.